The van der Waals surface area contributed by atoms with Crippen molar-refractivity contribution in [2.45, 2.75) is 6.04 Å². The third kappa shape index (κ3) is 2.23. The lowest BCUT2D eigenvalue weighted by atomic mass is 10.2. The highest BCUT2D eigenvalue weighted by Gasteiger charge is 2.26. The van der Waals surface area contributed by atoms with Crippen LogP contribution in [0.25, 0.3) is 0 Å². The molecule has 0 bridgehead atoms. The van der Waals surface area contributed by atoms with Gasteiger partial charge >= 0.3 is 5.97 Å². The Balaban J connectivity index is 2.18. The molecular weight excluding hydrogens is 226 g/mol. The number of carboxylic acid groups (broad SMARTS) is 1. The van der Waals surface area contributed by atoms with E-state index in [2.05, 4.69) is 28.9 Å². The van der Waals surface area contributed by atoms with E-state index in [1.807, 2.05) is 0 Å². The van der Waals surface area contributed by atoms with Crippen molar-refractivity contribution in [3.63, 3.8) is 0 Å². The number of carboxylic acids is 1. The first-order valence-corrected chi connectivity index (χ1v) is 5.97. The molecule has 1 N–H and O–H groups in total. The fraction of sp³-hybridized carbons (Fsp3) is 0.600. The number of thiazole rings is 1. The third-order valence-electron chi connectivity index (χ3n) is 2.87. The largest absolute Gasteiger partial charge is 0.477 e. The Morgan fingerprint density at radius 1 is 1.56 bits per heavy atom. The van der Waals surface area contributed by atoms with Crippen LogP contribution in [0.3, 0.4) is 0 Å². The van der Waals surface area contributed by atoms with Gasteiger partial charge in [0.25, 0.3) is 0 Å². The number of piperazine rings is 1. The highest BCUT2D eigenvalue weighted by molar-refractivity contribution is 7.13. The molecule has 1 atom stereocenters. The molecule has 1 aromatic rings. The van der Waals surface area contributed by atoms with Crippen molar-refractivity contribution in [1.82, 2.24) is 14.8 Å². The van der Waals surface area contributed by atoms with E-state index in [0.717, 1.165) is 24.6 Å². The Hall–Kier alpha value is -0.980. The van der Waals surface area contributed by atoms with E-state index < -0.39 is 5.97 Å². The maximum atomic E-state index is 10.8. The zero-order chi connectivity index (χ0) is 11.7. The predicted octanol–water partition coefficient (Wildman–Crippen LogP) is 0.760. The van der Waals surface area contributed by atoms with Crippen LogP contribution >= 0.6 is 11.3 Å². The molecule has 2 rings (SSSR count). The molecular formula is C10H15N3O2S. The summed E-state index contributed by atoms with van der Waals surface area (Å²) in [5, 5.41) is 9.76. The molecule has 6 heteroatoms. The second kappa shape index (κ2) is 4.48. The molecule has 0 saturated carbocycles. The van der Waals surface area contributed by atoms with Crippen LogP contribution in [0.1, 0.15) is 20.7 Å². The molecule has 1 unspecified atom stereocenters. The van der Waals surface area contributed by atoms with E-state index in [-0.39, 0.29) is 6.04 Å². The molecule has 88 valence electrons. The minimum Gasteiger partial charge on any atom is -0.477 e. The average molecular weight is 241 g/mol. The van der Waals surface area contributed by atoms with Crippen LogP contribution < -0.4 is 0 Å². The van der Waals surface area contributed by atoms with Crippen molar-refractivity contribution in [2.75, 3.05) is 33.7 Å². The summed E-state index contributed by atoms with van der Waals surface area (Å²) in [6.07, 6.45) is 1.45. The fourth-order valence-corrected chi connectivity index (χ4v) is 2.73. The molecule has 16 heavy (non-hydrogen) atoms. The molecule has 0 spiro atoms. The van der Waals surface area contributed by atoms with Gasteiger partial charge in [-0.2, -0.15) is 0 Å². The van der Waals surface area contributed by atoms with Gasteiger partial charge in [0.15, 0.2) is 0 Å². The number of aromatic carboxylic acids is 1. The van der Waals surface area contributed by atoms with Gasteiger partial charge in [-0.05, 0) is 14.1 Å². The quantitative estimate of drug-likeness (QED) is 0.828. The summed E-state index contributed by atoms with van der Waals surface area (Å²) < 4.78 is 0. The lowest BCUT2D eigenvalue weighted by Gasteiger charge is -2.36. The van der Waals surface area contributed by atoms with Crippen molar-refractivity contribution in [3.05, 3.63) is 16.1 Å². The zero-order valence-corrected chi connectivity index (χ0v) is 10.2. The van der Waals surface area contributed by atoms with E-state index in [4.69, 9.17) is 5.11 Å². The van der Waals surface area contributed by atoms with Gasteiger partial charge in [-0.15, -0.1) is 11.3 Å². The number of hydrogen-bond acceptors (Lipinski definition) is 5. The highest BCUT2D eigenvalue weighted by Crippen LogP contribution is 2.27. The van der Waals surface area contributed by atoms with Crippen molar-refractivity contribution < 1.29 is 9.90 Å². The van der Waals surface area contributed by atoms with Gasteiger partial charge in [0.05, 0.1) is 12.2 Å². The van der Waals surface area contributed by atoms with Gasteiger partial charge in [0.2, 0.25) is 0 Å². The van der Waals surface area contributed by atoms with E-state index in [1.54, 1.807) is 0 Å². The summed E-state index contributed by atoms with van der Waals surface area (Å²) in [7, 11) is 4.13. The molecule has 1 saturated heterocycles. The smallest absolute Gasteiger partial charge is 0.347 e. The summed E-state index contributed by atoms with van der Waals surface area (Å²) >= 11 is 1.27. The maximum Gasteiger partial charge on any atom is 0.347 e. The number of aromatic nitrogens is 1. The molecule has 0 amide bonds. The van der Waals surface area contributed by atoms with Crippen LogP contribution in [0.15, 0.2) is 6.20 Å². The zero-order valence-electron chi connectivity index (χ0n) is 9.38. The monoisotopic (exact) mass is 241 g/mol. The topological polar surface area (TPSA) is 56.7 Å². The van der Waals surface area contributed by atoms with Crippen molar-refractivity contribution in [2.24, 2.45) is 0 Å². The number of likely N-dealkylation sites (N-methyl/N-ethyl adjacent to an activating group) is 2. The SMILES string of the molecule is CN1CCN(C)C(c2ncc(C(=O)O)s2)C1. The van der Waals surface area contributed by atoms with Crippen LogP contribution in [0.2, 0.25) is 0 Å². The van der Waals surface area contributed by atoms with Crippen molar-refractivity contribution in [1.29, 1.82) is 0 Å². The van der Waals surface area contributed by atoms with Gasteiger partial charge in [-0.25, -0.2) is 9.78 Å². The van der Waals surface area contributed by atoms with Crippen LogP contribution in [-0.4, -0.2) is 59.6 Å². The summed E-state index contributed by atoms with van der Waals surface area (Å²) in [6, 6.07) is 0.219. The Morgan fingerprint density at radius 3 is 2.94 bits per heavy atom. The highest BCUT2D eigenvalue weighted by atomic mass is 32.1. The second-order valence-electron chi connectivity index (χ2n) is 4.13. The van der Waals surface area contributed by atoms with E-state index in [1.165, 1.54) is 17.5 Å². The van der Waals surface area contributed by atoms with E-state index >= 15 is 0 Å². The molecule has 1 aliphatic heterocycles. The first-order chi connectivity index (χ1) is 7.58. The summed E-state index contributed by atoms with van der Waals surface area (Å²) in [5.41, 5.74) is 0. The lowest BCUT2D eigenvalue weighted by molar-refractivity contribution is 0.0702. The normalized spacial score (nSPS) is 23.5. The minimum absolute atomic E-state index is 0.219. The molecule has 0 radical (unpaired) electrons. The molecule has 1 aliphatic rings. The third-order valence-corrected chi connectivity index (χ3v) is 3.96. The Morgan fingerprint density at radius 2 is 2.31 bits per heavy atom. The Kier molecular flexibility index (Phi) is 3.22. The molecule has 0 aromatic carbocycles. The second-order valence-corrected chi connectivity index (χ2v) is 5.19. The van der Waals surface area contributed by atoms with Gasteiger partial charge in [0.1, 0.15) is 9.88 Å². The van der Waals surface area contributed by atoms with Crippen LogP contribution in [0, 0.1) is 0 Å². The predicted molar refractivity (Wildman–Crippen MR) is 61.9 cm³/mol. The Labute approximate surface area is 98.3 Å². The summed E-state index contributed by atoms with van der Waals surface area (Å²) in [6.45, 7) is 2.94. The molecule has 0 aliphatic carbocycles. The number of nitrogens with zero attached hydrogens (tertiary/aromatic N) is 3. The van der Waals surface area contributed by atoms with Gasteiger partial charge in [0, 0.05) is 19.6 Å². The van der Waals surface area contributed by atoms with Crippen molar-refractivity contribution in [3.8, 4) is 0 Å². The van der Waals surface area contributed by atoms with Crippen LogP contribution in [-0.2, 0) is 0 Å². The van der Waals surface area contributed by atoms with Crippen LogP contribution in [0.4, 0.5) is 0 Å². The lowest BCUT2D eigenvalue weighted by Crippen LogP contribution is -2.44. The molecule has 1 aromatic heterocycles. The fourth-order valence-electron chi connectivity index (χ4n) is 1.82. The molecule has 5 nitrogen and oxygen atoms in total. The average Bonchev–Trinajstić information content (AvgIpc) is 2.70. The van der Waals surface area contributed by atoms with E-state index in [0.29, 0.717) is 4.88 Å². The number of carbonyl (C=O) groups is 1. The summed E-state index contributed by atoms with van der Waals surface area (Å²) in [5.74, 6) is -0.893. The maximum absolute atomic E-state index is 10.8. The molecule has 1 fully saturated rings. The number of hydrogen-bond donors (Lipinski definition) is 1. The standard InChI is InChI=1S/C10H15N3O2S/c1-12-3-4-13(2)7(6-12)9-11-5-8(16-9)10(14)15/h5,7H,3-4,6H2,1-2H3,(H,14,15). The Bertz CT molecular complexity index is 393. The van der Waals surface area contributed by atoms with Gasteiger partial charge in [-0.3, -0.25) is 4.90 Å². The van der Waals surface area contributed by atoms with Crippen LogP contribution in [0.5, 0.6) is 0 Å². The van der Waals surface area contributed by atoms with Crippen molar-refractivity contribution >= 4 is 17.3 Å². The summed E-state index contributed by atoms with van der Waals surface area (Å²) in [4.78, 5) is 19.8. The molecule has 2 heterocycles. The first kappa shape index (κ1) is 11.5. The van der Waals surface area contributed by atoms with E-state index in [9.17, 15) is 4.79 Å². The van der Waals surface area contributed by atoms with Gasteiger partial charge < -0.3 is 10.0 Å². The minimum atomic E-state index is -0.893. The number of rotatable bonds is 2. The first-order valence-electron chi connectivity index (χ1n) is 5.15. The van der Waals surface area contributed by atoms with Gasteiger partial charge in [-0.1, -0.05) is 0 Å².